The van der Waals surface area contributed by atoms with E-state index in [1.807, 2.05) is 0 Å². The molecule has 1 aliphatic carbocycles. The van der Waals surface area contributed by atoms with Gasteiger partial charge in [0.15, 0.2) is 5.82 Å². The van der Waals surface area contributed by atoms with Crippen LogP contribution in [0.5, 0.6) is 0 Å². The van der Waals surface area contributed by atoms with Gasteiger partial charge in [-0.3, -0.25) is 0 Å². The van der Waals surface area contributed by atoms with E-state index in [2.05, 4.69) is 10.2 Å². The SMILES string of the molecule is Fc1c(Cl)cc(N2CCCNC3(CCCCC3)C2)cc1Cl. The minimum absolute atomic E-state index is 0.104. The van der Waals surface area contributed by atoms with E-state index >= 15 is 0 Å². The molecule has 0 unspecified atom stereocenters. The fraction of sp³-hybridized carbons (Fsp3) is 0.625. The van der Waals surface area contributed by atoms with Crippen molar-refractivity contribution in [2.24, 2.45) is 0 Å². The molecule has 1 aliphatic heterocycles. The van der Waals surface area contributed by atoms with Crippen LogP contribution >= 0.6 is 23.2 Å². The second-order valence-electron chi connectivity index (χ2n) is 6.27. The predicted octanol–water partition coefficient (Wildman–Crippen LogP) is 4.64. The topological polar surface area (TPSA) is 15.3 Å². The van der Waals surface area contributed by atoms with E-state index in [1.165, 1.54) is 32.1 Å². The third kappa shape index (κ3) is 3.30. The van der Waals surface area contributed by atoms with Crippen LogP contribution in [0, 0.1) is 5.82 Å². The predicted molar refractivity (Wildman–Crippen MR) is 87.1 cm³/mol. The average Bonchev–Trinajstić information content (AvgIpc) is 2.68. The number of hydrogen-bond acceptors (Lipinski definition) is 2. The number of rotatable bonds is 1. The van der Waals surface area contributed by atoms with E-state index in [1.54, 1.807) is 12.1 Å². The third-order valence-electron chi connectivity index (χ3n) is 4.74. The Morgan fingerprint density at radius 2 is 1.71 bits per heavy atom. The van der Waals surface area contributed by atoms with Crippen molar-refractivity contribution in [1.29, 1.82) is 0 Å². The molecule has 0 atom stereocenters. The number of anilines is 1. The summed E-state index contributed by atoms with van der Waals surface area (Å²) in [7, 11) is 0. The highest BCUT2D eigenvalue weighted by Crippen LogP contribution is 2.34. The maximum Gasteiger partial charge on any atom is 0.160 e. The molecule has 0 aromatic heterocycles. The molecule has 2 fully saturated rings. The van der Waals surface area contributed by atoms with Gasteiger partial charge in [0, 0.05) is 24.3 Å². The van der Waals surface area contributed by atoms with Crippen LogP contribution in [0.4, 0.5) is 10.1 Å². The molecule has 21 heavy (non-hydrogen) atoms. The van der Waals surface area contributed by atoms with E-state index in [0.29, 0.717) is 0 Å². The normalized spacial score (nSPS) is 22.3. The largest absolute Gasteiger partial charge is 0.370 e. The molecule has 5 heteroatoms. The van der Waals surface area contributed by atoms with E-state index in [-0.39, 0.29) is 15.6 Å². The summed E-state index contributed by atoms with van der Waals surface area (Å²) in [6.07, 6.45) is 7.40. The first-order valence-corrected chi connectivity index (χ1v) is 8.50. The lowest BCUT2D eigenvalue weighted by atomic mass is 9.81. The summed E-state index contributed by atoms with van der Waals surface area (Å²) in [5.41, 5.74) is 1.13. The average molecular weight is 331 g/mol. The van der Waals surface area contributed by atoms with E-state index in [9.17, 15) is 4.39 Å². The second kappa shape index (κ2) is 6.31. The van der Waals surface area contributed by atoms with Gasteiger partial charge in [-0.15, -0.1) is 0 Å². The molecule has 0 radical (unpaired) electrons. The Balaban J connectivity index is 1.86. The molecule has 1 aromatic rings. The maximum absolute atomic E-state index is 13.6. The molecule has 0 bridgehead atoms. The van der Waals surface area contributed by atoms with Gasteiger partial charge in [-0.1, -0.05) is 42.5 Å². The van der Waals surface area contributed by atoms with Gasteiger partial charge < -0.3 is 10.2 Å². The Labute approximate surface area is 135 Å². The van der Waals surface area contributed by atoms with Gasteiger partial charge in [-0.25, -0.2) is 4.39 Å². The molecule has 1 spiro atoms. The van der Waals surface area contributed by atoms with Gasteiger partial charge in [0.2, 0.25) is 0 Å². The first kappa shape index (κ1) is 15.4. The van der Waals surface area contributed by atoms with E-state index in [0.717, 1.165) is 31.7 Å². The van der Waals surface area contributed by atoms with Crippen molar-refractivity contribution in [3.8, 4) is 0 Å². The van der Waals surface area contributed by atoms with Gasteiger partial charge in [-0.2, -0.15) is 0 Å². The van der Waals surface area contributed by atoms with Gasteiger partial charge in [-0.05, 0) is 37.9 Å². The zero-order valence-electron chi connectivity index (χ0n) is 12.1. The molecular formula is C16H21Cl2FN2. The van der Waals surface area contributed by atoms with Crippen LogP contribution in [0.25, 0.3) is 0 Å². The molecule has 2 nitrogen and oxygen atoms in total. The van der Waals surface area contributed by atoms with Crippen molar-refractivity contribution in [3.05, 3.63) is 28.0 Å². The molecule has 1 aromatic carbocycles. The molecule has 2 aliphatic rings. The molecule has 0 amide bonds. The van der Waals surface area contributed by atoms with Gasteiger partial charge >= 0.3 is 0 Å². The third-order valence-corrected chi connectivity index (χ3v) is 5.29. The number of halogens is 3. The Morgan fingerprint density at radius 3 is 2.38 bits per heavy atom. The highest BCUT2D eigenvalue weighted by molar-refractivity contribution is 6.35. The Kier molecular flexibility index (Phi) is 4.63. The summed E-state index contributed by atoms with van der Waals surface area (Å²) in [6.45, 7) is 2.94. The highest BCUT2D eigenvalue weighted by atomic mass is 35.5. The smallest absolute Gasteiger partial charge is 0.160 e. The monoisotopic (exact) mass is 330 g/mol. The standard InChI is InChI=1S/C16H21Cl2FN2/c17-13-9-12(10-14(18)15(13)19)21-8-4-7-20-16(11-21)5-2-1-3-6-16/h9-10,20H,1-8,11H2. The van der Waals surface area contributed by atoms with Crippen molar-refractivity contribution in [1.82, 2.24) is 5.32 Å². The van der Waals surface area contributed by atoms with Crippen LogP contribution in [-0.4, -0.2) is 25.2 Å². The summed E-state index contributed by atoms with van der Waals surface area (Å²) in [4.78, 5) is 2.31. The first-order valence-electron chi connectivity index (χ1n) is 7.74. The second-order valence-corrected chi connectivity index (χ2v) is 7.08. The lowest BCUT2D eigenvalue weighted by molar-refractivity contribution is 0.246. The summed E-state index contributed by atoms with van der Waals surface area (Å²) in [6, 6.07) is 3.40. The molecule has 1 saturated heterocycles. The first-order chi connectivity index (χ1) is 10.1. The lowest BCUT2D eigenvalue weighted by Gasteiger charge is -2.40. The number of nitrogens with zero attached hydrogens (tertiary/aromatic N) is 1. The number of nitrogens with one attached hydrogen (secondary N) is 1. The van der Waals surface area contributed by atoms with Crippen LogP contribution in [0.15, 0.2) is 12.1 Å². The molecule has 116 valence electrons. The molecule has 3 rings (SSSR count). The van der Waals surface area contributed by atoms with Crippen molar-refractivity contribution in [3.63, 3.8) is 0 Å². The van der Waals surface area contributed by atoms with Crippen molar-refractivity contribution in [2.75, 3.05) is 24.5 Å². The van der Waals surface area contributed by atoms with Gasteiger partial charge in [0.05, 0.1) is 10.0 Å². The molecule has 1 N–H and O–H groups in total. The number of hydrogen-bond donors (Lipinski definition) is 1. The quantitative estimate of drug-likeness (QED) is 0.755. The Bertz CT molecular complexity index is 492. The van der Waals surface area contributed by atoms with Crippen LogP contribution in [-0.2, 0) is 0 Å². The van der Waals surface area contributed by atoms with Crippen LogP contribution in [0.2, 0.25) is 10.0 Å². The number of benzene rings is 1. The Morgan fingerprint density at radius 1 is 1.05 bits per heavy atom. The van der Waals surface area contributed by atoms with Crippen LogP contribution < -0.4 is 10.2 Å². The lowest BCUT2D eigenvalue weighted by Crippen LogP contribution is -2.52. The summed E-state index contributed by atoms with van der Waals surface area (Å²) >= 11 is 11.9. The highest BCUT2D eigenvalue weighted by Gasteiger charge is 2.35. The Hall–Kier alpha value is -0.510. The van der Waals surface area contributed by atoms with Gasteiger partial charge in [0.1, 0.15) is 0 Å². The summed E-state index contributed by atoms with van der Waals surface area (Å²) in [5, 5.41) is 3.96. The minimum Gasteiger partial charge on any atom is -0.370 e. The van der Waals surface area contributed by atoms with Crippen LogP contribution in [0.1, 0.15) is 38.5 Å². The summed E-state index contributed by atoms with van der Waals surface area (Å²) in [5.74, 6) is -0.526. The van der Waals surface area contributed by atoms with Crippen LogP contribution in [0.3, 0.4) is 0 Å². The fourth-order valence-corrected chi connectivity index (χ4v) is 4.11. The fourth-order valence-electron chi connectivity index (χ4n) is 3.63. The molecular weight excluding hydrogens is 310 g/mol. The van der Waals surface area contributed by atoms with Crippen molar-refractivity contribution in [2.45, 2.75) is 44.1 Å². The van der Waals surface area contributed by atoms with Crippen molar-refractivity contribution < 1.29 is 4.39 Å². The zero-order valence-corrected chi connectivity index (χ0v) is 13.6. The summed E-state index contributed by atoms with van der Waals surface area (Å²) < 4.78 is 13.6. The van der Waals surface area contributed by atoms with Crippen molar-refractivity contribution >= 4 is 28.9 Å². The van der Waals surface area contributed by atoms with E-state index in [4.69, 9.17) is 23.2 Å². The zero-order chi connectivity index (χ0) is 14.9. The van der Waals surface area contributed by atoms with E-state index < -0.39 is 5.82 Å². The maximum atomic E-state index is 13.6. The molecule has 1 heterocycles. The molecule has 1 saturated carbocycles. The van der Waals surface area contributed by atoms with Gasteiger partial charge in [0.25, 0.3) is 0 Å². The minimum atomic E-state index is -0.526.